The second-order valence-corrected chi connectivity index (χ2v) is 3.00. The first-order chi connectivity index (χ1) is 3.95. The van der Waals surface area contributed by atoms with Crippen molar-refractivity contribution in [3.05, 3.63) is 0 Å². The Morgan fingerprint density at radius 1 is 1.67 bits per heavy atom. The normalized spacial score (nSPS) is 10.9. The molecule has 0 saturated heterocycles. The number of rotatable bonds is 3. The molecule has 0 bridgehead atoms. The van der Waals surface area contributed by atoms with Crippen molar-refractivity contribution in [2.75, 3.05) is 12.9 Å². The Balaban J connectivity index is 3.89. The van der Waals surface area contributed by atoms with Crippen LogP contribution < -0.4 is 0 Å². The molecular formula is C3H7NO4S. The molecule has 0 fully saturated rings. The highest BCUT2D eigenvalue weighted by Crippen LogP contribution is 1.83. The Morgan fingerprint density at radius 2 is 2.11 bits per heavy atom. The lowest BCUT2D eigenvalue weighted by Gasteiger charge is -2.05. The highest BCUT2D eigenvalue weighted by Gasteiger charge is 2.05. The molecule has 0 atom stereocenters. The summed E-state index contributed by atoms with van der Waals surface area (Å²) in [6, 6.07) is 0. The van der Waals surface area contributed by atoms with E-state index in [9.17, 15) is 13.2 Å². The minimum atomic E-state index is -4.04. The Hall–Kier alpha value is -0.620. The van der Waals surface area contributed by atoms with Gasteiger partial charge in [0.05, 0.1) is 0 Å². The molecule has 0 aromatic heterocycles. The lowest BCUT2D eigenvalue weighted by Crippen LogP contribution is -2.23. The van der Waals surface area contributed by atoms with Crippen molar-refractivity contribution in [3.8, 4) is 0 Å². The number of amides is 1. The van der Waals surface area contributed by atoms with E-state index in [1.165, 1.54) is 7.05 Å². The quantitative estimate of drug-likeness (QED) is 0.413. The van der Waals surface area contributed by atoms with Crippen molar-refractivity contribution in [3.63, 3.8) is 0 Å². The molecule has 9 heavy (non-hydrogen) atoms. The molecule has 0 aromatic rings. The average molecular weight is 153 g/mol. The summed E-state index contributed by atoms with van der Waals surface area (Å²) in [5.74, 6) is -0.656. The van der Waals surface area contributed by atoms with Crippen molar-refractivity contribution in [1.82, 2.24) is 4.90 Å². The van der Waals surface area contributed by atoms with Crippen LogP contribution in [0, 0.1) is 0 Å². The van der Waals surface area contributed by atoms with Crippen LogP contribution in [0.25, 0.3) is 0 Å². The maximum Gasteiger partial charge on any atom is 0.283 e. The second kappa shape index (κ2) is 2.79. The highest BCUT2D eigenvalue weighted by atomic mass is 32.2. The molecule has 0 aromatic carbocycles. The van der Waals surface area contributed by atoms with Crippen molar-refractivity contribution in [2.45, 2.75) is 0 Å². The topological polar surface area (TPSA) is 74.7 Å². The lowest BCUT2D eigenvalue weighted by atomic mass is 11.0. The highest BCUT2D eigenvalue weighted by molar-refractivity contribution is 7.85. The third-order valence-corrected chi connectivity index (χ3v) is 1.28. The van der Waals surface area contributed by atoms with E-state index < -0.39 is 16.0 Å². The van der Waals surface area contributed by atoms with Crippen LogP contribution in [0.3, 0.4) is 0 Å². The van der Waals surface area contributed by atoms with Crippen molar-refractivity contribution < 1.29 is 17.8 Å². The van der Waals surface area contributed by atoms with Crippen molar-refractivity contribution >= 4 is 16.5 Å². The maximum absolute atomic E-state index is 9.96. The van der Waals surface area contributed by atoms with Gasteiger partial charge in [0.1, 0.15) is 5.88 Å². The predicted molar refractivity (Wildman–Crippen MR) is 30.2 cm³/mol. The molecule has 1 N–H and O–H groups in total. The summed E-state index contributed by atoms with van der Waals surface area (Å²) >= 11 is 0. The van der Waals surface area contributed by atoms with Crippen LogP contribution >= 0.6 is 0 Å². The van der Waals surface area contributed by atoms with E-state index in [0.29, 0.717) is 6.41 Å². The standard InChI is InChI=1S/C3H7NO4S/c1-4(2-5)3-9(6,7)8/h2H,3H2,1H3,(H,6,7,8). The monoisotopic (exact) mass is 153 g/mol. The maximum atomic E-state index is 9.96. The summed E-state index contributed by atoms with van der Waals surface area (Å²) < 4.78 is 28.0. The molecule has 0 rings (SSSR count). The van der Waals surface area contributed by atoms with E-state index in [2.05, 4.69) is 0 Å². The third-order valence-electron chi connectivity index (χ3n) is 0.547. The molecule has 0 aliphatic heterocycles. The summed E-state index contributed by atoms with van der Waals surface area (Å²) in [4.78, 5) is 10.5. The average Bonchev–Trinajstić information content (AvgIpc) is 1.62. The van der Waals surface area contributed by atoms with Gasteiger partial charge in [0, 0.05) is 7.05 Å². The van der Waals surface area contributed by atoms with Crippen LogP contribution in [-0.2, 0) is 14.9 Å². The molecular weight excluding hydrogens is 146 g/mol. The number of carbonyl (C=O) groups is 1. The fourth-order valence-electron chi connectivity index (χ4n) is 0.288. The minimum Gasteiger partial charge on any atom is -0.332 e. The van der Waals surface area contributed by atoms with Crippen LogP contribution in [0.15, 0.2) is 0 Å². The molecule has 0 aliphatic carbocycles. The first kappa shape index (κ1) is 8.38. The van der Waals surface area contributed by atoms with Crippen LogP contribution in [0.1, 0.15) is 0 Å². The van der Waals surface area contributed by atoms with Gasteiger partial charge in [-0.05, 0) is 0 Å². The molecule has 1 amide bonds. The molecule has 0 unspecified atom stereocenters. The third kappa shape index (κ3) is 5.25. The van der Waals surface area contributed by atoms with Crippen LogP contribution in [0.2, 0.25) is 0 Å². The van der Waals surface area contributed by atoms with Gasteiger partial charge in [-0.2, -0.15) is 8.42 Å². The molecule has 0 spiro atoms. The Morgan fingerprint density at radius 3 is 2.22 bits per heavy atom. The molecule has 5 nitrogen and oxygen atoms in total. The van der Waals surface area contributed by atoms with Crippen LogP contribution in [0.4, 0.5) is 0 Å². The zero-order chi connectivity index (χ0) is 7.49. The number of nitrogens with zero attached hydrogens (tertiary/aromatic N) is 1. The Bertz CT molecular complexity index is 184. The smallest absolute Gasteiger partial charge is 0.283 e. The van der Waals surface area contributed by atoms with Gasteiger partial charge in [0.2, 0.25) is 6.41 Å². The van der Waals surface area contributed by atoms with Crippen LogP contribution in [-0.4, -0.2) is 37.2 Å². The van der Waals surface area contributed by atoms with E-state index in [-0.39, 0.29) is 0 Å². The molecule has 6 heteroatoms. The summed E-state index contributed by atoms with van der Waals surface area (Å²) in [6.45, 7) is 0. The van der Waals surface area contributed by atoms with Crippen molar-refractivity contribution in [2.24, 2.45) is 0 Å². The number of hydrogen-bond acceptors (Lipinski definition) is 3. The Kier molecular flexibility index (Phi) is 2.60. The van der Waals surface area contributed by atoms with Gasteiger partial charge >= 0.3 is 0 Å². The second-order valence-electron chi connectivity index (χ2n) is 1.57. The van der Waals surface area contributed by atoms with E-state index in [4.69, 9.17) is 4.55 Å². The molecule has 0 aliphatic rings. The Labute approximate surface area is 53.0 Å². The van der Waals surface area contributed by atoms with Gasteiger partial charge in [0.25, 0.3) is 10.1 Å². The van der Waals surface area contributed by atoms with Gasteiger partial charge in [-0.3, -0.25) is 9.35 Å². The summed E-state index contributed by atoms with van der Waals surface area (Å²) in [7, 11) is -2.79. The van der Waals surface area contributed by atoms with E-state index in [1.54, 1.807) is 0 Å². The van der Waals surface area contributed by atoms with E-state index in [0.717, 1.165) is 4.90 Å². The first-order valence-corrected chi connectivity index (χ1v) is 3.67. The zero-order valence-electron chi connectivity index (χ0n) is 4.81. The zero-order valence-corrected chi connectivity index (χ0v) is 5.63. The van der Waals surface area contributed by atoms with Crippen LogP contribution in [0.5, 0.6) is 0 Å². The first-order valence-electron chi connectivity index (χ1n) is 2.06. The lowest BCUT2D eigenvalue weighted by molar-refractivity contribution is -0.116. The van der Waals surface area contributed by atoms with E-state index in [1.807, 2.05) is 0 Å². The summed E-state index contributed by atoms with van der Waals surface area (Å²) in [5, 5.41) is 0. The fourth-order valence-corrected chi connectivity index (χ4v) is 0.863. The van der Waals surface area contributed by atoms with Gasteiger partial charge < -0.3 is 4.90 Å². The minimum absolute atomic E-state index is 0.313. The molecule has 0 saturated carbocycles. The molecule has 0 radical (unpaired) electrons. The number of hydrogen-bond donors (Lipinski definition) is 1. The summed E-state index contributed by atoms with van der Waals surface area (Å²) in [6.07, 6.45) is 0.313. The number of carbonyl (C=O) groups excluding carboxylic acids is 1. The SMILES string of the molecule is CN(C=O)CS(=O)(=O)O. The van der Waals surface area contributed by atoms with Crippen molar-refractivity contribution in [1.29, 1.82) is 0 Å². The van der Waals surface area contributed by atoms with Gasteiger partial charge in [-0.25, -0.2) is 0 Å². The molecule has 54 valence electrons. The summed E-state index contributed by atoms with van der Waals surface area (Å²) in [5.41, 5.74) is 0. The van der Waals surface area contributed by atoms with Gasteiger partial charge in [-0.1, -0.05) is 0 Å². The fraction of sp³-hybridized carbons (Fsp3) is 0.667. The van der Waals surface area contributed by atoms with Gasteiger partial charge in [-0.15, -0.1) is 0 Å². The van der Waals surface area contributed by atoms with E-state index >= 15 is 0 Å². The molecule has 0 heterocycles. The van der Waals surface area contributed by atoms with Gasteiger partial charge in [0.15, 0.2) is 0 Å². The largest absolute Gasteiger partial charge is 0.332 e. The predicted octanol–water partition coefficient (Wildman–Crippen LogP) is -1.08.